The fraction of sp³-hybridized carbons (Fsp3) is 0.533. The number of hydrogen-bond donors (Lipinski definition) is 3. The Morgan fingerprint density at radius 1 is 1.40 bits per heavy atom. The van der Waals surface area contributed by atoms with E-state index in [0.29, 0.717) is 0 Å². The normalized spacial score (nSPS) is 13.6. The molecule has 1 aromatic carbocycles. The maximum Gasteiger partial charge on any atom is 0.319 e. The van der Waals surface area contributed by atoms with Gasteiger partial charge >= 0.3 is 6.03 Å². The van der Waals surface area contributed by atoms with Gasteiger partial charge < -0.3 is 16.4 Å². The van der Waals surface area contributed by atoms with Crippen molar-refractivity contribution in [2.75, 3.05) is 16.8 Å². The fourth-order valence-corrected chi connectivity index (χ4v) is 2.58. The van der Waals surface area contributed by atoms with Gasteiger partial charge in [-0.2, -0.15) is 11.8 Å². The third kappa shape index (κ3) is 6.30. The Labute approximate surface area is 125 Å². The summed E-state index contributed by atoms with van der Waals surface area (Å²) in [7, 11) is 0. The van der Waals surface area contributed by atoms with E-state index in [2.05, 4.69) is 17.6 Å². The number of thioether (sulfide) groups is 1. The molecule has 0 aliphatic heterocycles. The Hall–Kier alpha value is -1.20. The van der Waals surface area contributed by atoms with E-state index in [1.807, 2.05) is 49.9 Å². The Kier molecular flexibility index (Phi) is 7.47. The molecule has 4 N–H and O–H groups in total. The van der Waals surface area contributed by atoms with E-state index in [0.717, 1.165) is 29.2 Å². The van der Waals surface area contributed by atoms with Crippen molar-refractivity contribution in [3.8, 4) is 0 Å². The predicted octanol–water partition coefficient (Wildman–Crippen LogP) is 3.36. The number of benzene rings is 1. The van der Waals surface area contributed by atoms with E-state index in [9.17, 15) is 4.79 Å². The van der Waals surface area contributed by atoms with E-state index in [1.165, 1.54) is 0 Å². The molecule has 0 saturated heterocycles. The highest BCUT2D eigenvalue weighted by Crippen LogP contribution is 2.15. The minimum atomic E-state index is -0.166. The molecule has 1 aromatic rings. The number of amides is 2. The van der Waals surface area contributed by atoms with Gasteiger partial charge in [-0.05, 0) is 49.5 Å². The molecule has 0 aliphatic carbocycles. The SMILES string of the molecule is CCSCCC(C)NC(=O)Nc1cccc(C(C)N)c1. The van der Waals surface area contributed by atoms with Crippen LogP contribution in [0.2, 0.25) is 0 Å². The van der Waals surface area contributed by atoms with Crippen LogP contribution in [0.5, 0.6) is 0 Å². The van der Waals surface area contributed by atoms with Crippen molar-refractivity contribution in [1.29, 1.82) is 0 Å². The Bertz CT molecular complexity index is 423. The topological polar surface area (TPSA) is 67.2 Å². The monoisotopic (exact) mass is 295 g/mol. The summed E-state index contributed by atoms with van der Waals surface area (Å²) in [6, 6.07) is 7.59. The molecule has 0 bridgehead atoms. The van der Waals surface area contributed by atoms with Gasteiger partial charge in [-0.1, -0.05) is 19.1 Å². The Balaban J connectivity index is 2.43. The van der Waals surface area contributed by atoms with E-state index in [1.54, 1.807) is 0 Å². The molecular formula is C15H25N3OS. The molecule has 0 spiro atoms. The second-order valence-electron chi connectivity index (χ2n) is 4.90. The lowest BCUT2D eigenvalue weighted by Gasteiger charge is -2.15. The molecule has 0 aromatic heterocycles. The summed E-state index contributed by atoms with van der Waals surface area (Å²) in [5.41, 5.74) is 7.61. The van der Waals surface area contributed by atoms with Crippen molar-refractivity contribution >= 4 is 23.5 Å². The van der Waals surface area contributed by atoms with Crippen LogP contribution < -0.4 is 16.4 Å². The summed E-state index contributed by atoms with van der Waals surface area (Å²) in [6.45, 7) is 6.09. The highest BCUT2D eigenvalue weighted by Gasteiger charge is 2.08. The molecule has 0 heterocycles. The van der Waals surface area contributed by atoms with Crippen molar-refractivity contribution in [2.45, 2.75) is 39.3 Å². The first-order valence-corrected chi connectivity index (χ1v) is 8.19. The average molecular weight is 295 g/mol. The predicted molar refractivity (Wildman–Crippen MR) is 88.3 cm³/mol. The maximum atomic E-state index is 11.9. The molecule has 0 saturated carbocycles. The molecule has 2 unspecified atom stereocenters. The Morgan fingerprint density at radius 3 is 2.80 bits per heavy atom. The number of urea groups is 1. The first kappa shape index (κ1) is 16.9. The molecule has 0 fully saturated rings. The van der Waals surface area contributed by atoms with Gasteiger partial charge in [0.2, 0.25) is 0 Å². The highest BCUT2D eigenvalue weighted by atomic mass is 32.2. The molecule has 20 heavy (non-hydrogen) atoms. The number of anilines is 1. The zero-order chi connectivity index (χ0) is 15.0. The van der Waals surface area contributed by atoms with Crippen LogP contribution in [0.1, 0.15) is 38.8 Å². The van der Waals surface area contributed by atoms with Crippen LogP contribution in [-0.2, 0) is 0 Å². The molecule has 4 nitrogen and oxygen atoms in total. The number of hydrogen-bond acceptors (Lipinski definition) is 3. The summed E-state index contributed by atoms with van der Waals surface area (Å²) >= 11 is 1.89. The van der Waals surface area contributed by atoms with Crippen molar-refractivity contribution in [2.24, 2.45) is 5.73 Å². The third-order valence-corrected chi connectivity index (χ3v) is 3.88. The van der Waals surface area contributed by atoms with E-state index in [4.69, 9.17) is 5.73 Å². The highest BCUT2D eigenvalue weighted by molar-refractivity contribution is 7.99. The van der Waals surface area contributed by atoms with Crippen LogP contribution in [-0.4, -0.2) is 23.6 Å². The van der Waals surface area contributed by atoms with Crippen molar-refractivity contribution in [3.63, 3.8) is 0 Å². The number of nitrogens with two attached hydrogens (primary N) is 1. The lowest BCUT2D eigenvalue weighted by Crippen LogP contribution is -2.36. The van der Waals surface area contributed by atoms with E-state index in [-0.39, 0.29) is 18.1 Å². The van der Waals surface area contributed by atoms with E-state index >= 15 is 0 Å². The molecular weight excluding hydrogens is 270 g/mol. The zero-order valence-corrected chi connectivity index (χ0v) is 13.3. The number of carbonyl (C=O) groups is 1. The number of carbonyl (C=O) groups excluding carboxylic acids is 1. The van der Waals surface area contributed by atoms with Gasteiger partial charge in [-0.15, -0.1) is 0 Å². The largest absolute Gasteiger partial charge is 0.335 e. The van der Waals surface area contributed by atoms with Crippen LogP contribution in [0.4, 0.5) is 10.5 Å². The minimum Gasteiger partial charge on any atom is -0.335 e. The Morgan fingerprint density at radius 2 is 2.15 bits per heavy atom. The molecule has 1 rings (SSSR count). The summed E-state index contributed by atoms with van der Waals surface area (Å²) in [6.07, 6.45) is 0.978. The molecule has 2 amide bonds. The average Bonchev–Trinajstić information content (AvgIpc) is 2.39. The zero-order valence-electron chi connectivity index (χ0n) is 12.5. The maximum absolute atomic E-state index is 11.9. The van der Waals surface area contributed by atoms with Crippen molar-refractivity contribution < 1.29 is 4.79 Å². The summed E-state index contributed by atoms with van der Waals surface area (Å²) in [5.74, 6) is 2.18. The number of nitrogens with one attached hydrogen (secondary N) is 2. The van der Waals surface area contributed by atoms with Gasteiger partial charge in [-0.3, -0.25) is 0 Å². The minimum absolute atomic E-state index is 0.0372. The molecule has 5 heteroatoms. The van der Waals surface area contributed by atoms with Crippen LogP contribution >= 0.6 is 11.8 Å². The van der Waals surface area contributed by atoms with Crippen LogP contribution in [0, 0.1) is 0 Å². The second-order valence-corrected chi connectivity index (χ2v) is 6.29. The van der Waals surface area contributed by atoms with Gasteiger partial charge in [0.15, 0.2) is 0 Å². The standard InChI is InChI=1S/C15H25N3OS/c1-4-20-9-8-11(2)17-15(19)18-14-7-5-6-13(10-14)12(3)16/h5-7,10-12H,4,8-9,16H2,1-3H3,(H2,17,18,19). The van der Waals surface area contributed by atoms with Gasteiger partial charge in [0.25, 0.3) is 0 Å². The lowest BCUT2D eigenvalue weighted by molar-refractivity contribution is 0.249. The summed E-state index contributed by atoms with van der Waals surface area (Å²) in [4.78, 5) is 11.9. The molecule has 112 valence electrons. The summed E-state index contributed by atoms with van der Waals surface area (Å²) < 4.78 is 0. The van der Waals surface area contributed by atoms with Crippen LogP contribution in [0.15, 0.2) is 24.3 Å². The second kappa shape index (κ2) is 8.87. The lowest BCUT2D eigenvalue weighted by atomic mass is 10.1. The van der Waals surface area contributed by atoms with Crippen LogP contribution in [0.25, 0.3) is 0 Å². The van der Waals surface area contributed by atoms with Gasteiger partial charge in [0, 0.05) is 17.8 Å². The number of rotatable bonds is 7. The van der Waals surface area contributed by atoms with Gasteiger partial charge in [0.05, 0.1) is 0 Å². The molecule has 0 radical (unpaired) electrons. The van der Waals surface area contributed by atoms with Crippen molar-refractivity contribution in [3.05, 3.63) is 29.8 Å². The first-order valence-electron chi connectivity index (χ1n) is 7.03. The van der Waals surface area contributed by atoms with Crippen LogP contribution in [0.3, 0.4) is 0 Å². The van der Waals surface area contributed by atoms with Crippen molar-refractivity contribution in [1.82, 2.24) is 5.32 Å². The third-order valence-electron chi connectivity index (χ3n) is 2.95. The molecule has 2 atom stereocenters. The van der Waals surface area contributed by atoms with Gasteiger partial charge in [-0.25, -0.2) is 4.79 Å². The fourth-order valence-electron chi connectivity index (χ4n) is 1.77. The van der Waals surface area contributed by atoms with Gasteiger partial charge in [0.1, 0.15) is 0 Å². The first-order chi connectivity index (χ1) is 9.52. The molecule has 0 aliphatic rings. The van der Waals surface area contributed by atoms with E-state index < -0.39 is 0 Å². The quantitative estimate of drug-likeness (QED) is 0.676. The smallest absolute Gasteiger partial charge is 0.319 e. The summed E-state index contributed by atoms with van der Waals surface area (Å²) in [5, 5.41) is 5.79.